The summed E-state index contributed by atoms with van der Waals surface area (Å²) in [5, 5.41) is 12.2. The second-order valence-corrected chi connectivity index (χ2v) is 6.86. The summed E-state index contributed by atoms with van der Waals surface area (Å²) in [5.74, 6) is 1.49. The number of ether oxygens (including phenoxy) is 1. The Bertz CT molecular complexity index is 945. The number of nitrogens with one attached hydrogen (secondary N) is 1. The van der Waals surface area contributed by atoms with Crippen LogP contribution in [0.15, 0.2) is 53.6 Å². The van der Waals surface area contributed by atoms with E-state index in [1.54, 1.807) is 10.9 Å². The summed E-state index contributed by atoms with van der Waals surface area (Å²) in [4.78, 5) is 0. The average Bonchev–Trinajstić information content (AvgIpc) is 3.06. The molecule has 5 nitrogen and oxygen atoms in total. The normalized spacial score (nSPS) is 11.2. The fourth-order valence-electron chi connectivity index (χ4n) is 2.50. The standard InChI is InChI=1S/C20H21ClN4OS/c1-2-3-4-13-26-18-11-5-15(6-12-18)14-22-25-19(23-24-20(25)27)16-7-9-17(21)10-8-16/h5-12,14H,2-4,13H2,1H3,(H,24,27)/b22-14+. The maximum Gasteiger partial charge on any atom is 0.216 e. The van der Waals surface area contributed by atoms with Gasteiger partial charge in [-0.2, -0.15) is 14.9 Å². The Hall–Kier alpha value is -2.44. The van der Waals surface area contributed by atoms with Gasteiger partial charge in [0.1, 0.15) is 5.75 Å². The van der Waals surface area contributed by atoms with E-state index in [2.05, 4.69) is 22.2 Å². The van der Waals surface area contributed by atoms with E-state index in [0.29, 0.717) is 15.6 Å². The Morgan fingerprint density at radius 2 is 1.89 bits per heavy atom. The number of aromatic nitrogens is 3. The molecule has 0 saturated carbocycles. The molecule has 0 radical (unpaired) electrons. The first kappa shape index (κ1) is 19.3. The first-order valence-corrected chi connectivity index (χ1v) is 9.66. The molecule has 2 aromatic carbocycles. The van der Waals surface area contributed by atoms with Gasteiger partial charge < -0.3 is 4.74 Å². The number of hydrogen-bond acceptors (Lipinski definition) is 4. The molecule has 140 valence electrons. The minimum Gasteiger partial charge on any atom is -0.494 e. The van der Waals surface area contributed by atoms with E-state index in [1.807, 2.05) is 48.5 Å². The SMILES string of the molecule is CCCCCOc1ccc(/C=N/n2c(-c3ccc(Cl)cc3)n[nH]c2=S)cc1. The number of hydrogen-bond donors (Lipinski definition) is 1. The first-order valence-electron chi connectivity index (χ1n) is 8.88. The van der Waals surface area contributed by atoms with Gasteiger partial charge in [-0.25, -0.2) is 5.10 Å². The van der Waals surface area contributed by atoms with E-state index >= 15 is 0 Å². The smallest absolute Gasteiger partial charge is 0.216 e. The van der Waals surface area contributed by atoms with E-state index in [9.17, 15) is 0 Å². The monoisotopic (exact) mass is 400 g/mol. The molecule has 3 rings (SSSR count). The molecule has 0 atom stereocenters. The second-order valence-electron chi connectivity index (χ2n) is 6.04. The third-order valence-electron chi connectivity index (χ3n) is 3.97. The van der Waals surface area contributed by atoms with E-state index in [-0.39, 0.29) is 0 Å². The molecule has 1 aromatic heterocycles. The van der Waals surface area contributed by atoms with Gasteiger partial charge in [-0.1, -0.05) is 31.4 Å². The van der Waals surface area contributed by atoms with Crippen LogP contribution in [-0.4, -0.2) is 27.7 Å². The summed E-state index contributed by atoms with van der Waals surface area (Å²) in [6.07, 6.45) is 5.19. The Labute approximate surface area is 168 Å². The largest absolute Gasteiger partial charge is 0.494 e. The molecule has 0 aliphatic carbocycles. The van der Waals surface area contributed by atoms with E-state index in [4.69, 9.17) is 28.6 Å². The fourth-order valence-corrected chi connectivity index (χ4v) is 2.81. The lowest BCUT2D eigenvalue weighted by atomic mass is 10.2. The molecule has 0 unspecified atom stereocenters. The van der Waals surface area contributed by atoms with Crippen molar-refractivity contribution >= 4 is 30.0 Å². The van der Waals surface area contributed by atoms with Crippen molar-refractivity contribution in [2.24, 2.45) is 5.10 Å². The molecule has 27 heavy (non-hydrogen) atoms. The zero-order valence-electron chi connectivity index (χ0n) is 15.1. The van der Waals surface area contributed by atoms with Crippen LogP contribution < -0.4 is 4.74 Å². The fraction of sp³-hybridized carbons (Fsp3) is 0.250. The highest BCUT2D eigenvalue weighted by Crippen LogP contribution is 2.20. The predicted molar refractivity (Wildman–Crippen MR) is 112 cm³/mol. The summed E-state index contributed by atoms with van der Waals surface area (Å²) in [5.41, 5.74) is 1.82. The molecule has 0 bridgehead atoms. The van der Waals surface area contributed by atoms with Crippen molar-refractivity contribution in [3.05, 3.63) is 63.9 Å². The lowest BCUT2D eigenvalue weighted by Gasteiger charge is -2.05. The highest BCUT2D eigenvalue weighted by atomic mass is 35.5. The molecule has 0 aliphatic heterocycles. The van der Waals surface area contributed by atoms with Crippen molar-refractivity contribution in [2.45, 2.75) is 26.2 Å². The van der Waals surface area contributed by atoms with Gasteiger partial charge in [-0.05, 0) is 72.7 Å². The van der Waals surface area contributed by atoms with Crippen molar-refractivity contribution in [1.29, 1.82) is 0 Å². The molecule has 0 amide bonds. The van der Waals surface area contributed by atoms with Gasteiger partial charge in [0.2, 0.25) is 4.77 Å². The minimum absolute atomic E-state index is 0.423. The van der Waals surface area contributed by atoms with E-state index < -0.39 is 0 Å². The van der Waals surface area contributed by atoms with Gasteiger partial charge in [0.05, 0.1) is 12.8 Å². The van der Waals surface area contributed by atoms with Crippen LogP contribution in [0.25, 0.3) is 11.4 Å². The van der Waals surface area contributed by atoms with Gasteiger partial charge in [0, 0.05) is 10.6 Å². The lowest BCUT2D eigenvalue weighted by Crippen LogP contribution is -1.97. The van der Waals surface area contributed by atoms with Crippen LogP contribution in [0.1, 0.15) is 31.7 Å². The lowest BCUT2D eigenvalue weighted by molar-refractivity contribution is 0.306. The maximum atomic E-state index is 5.95. The van der Waals surface area contributed by atoms with Crippen molar-refractivity contribution in [1.82, 2.24) is 14.9 Å². The first-order chi connectivity index (χ1) is 13.2. The number of aromatic amines is 1. The van der Waals surface area contributed by atoms with Gasteiger partial charge in [-0.15, -0.1) is 0 Å². The average molecular weight is 401 g/mol. The topological polar surface area (TPSA) is 55.2 Å². The quantitative estimate of drug-likeness (QED) is 0.299. The third kappa shape index (κ3) is 5.28. The summed E-state index contributed by atoms with van der Waals surface area (Å²) in [6.45, 7) is 2.93. The number of nitrogens with zero attached hydrogens (tertiary/aromatic N) is 3. The Morgan fingerprint density at radius 1 is 1.15 bits per heavy atom. The second kappa shape index (κ2) is 9.48. The zero-order chi connectivity index (χ0) is 19.1. The molecule has 0 aliphatic rings. The highest BCUT2D eigenvalue weighted by Gasteiger charge is 2.07. The van der Waals surface area contributed by atoms with Crippen LogP contribution in [-0.2, 0) is 0 Å². The van der Waals surface area contributed by atoms with Crippen LogP contribution in [0.2, 0.25) is 5.02 Å². The van der Waals surface area contributed by atoms with E-state index in [0.717, 1.165) is 29.9 Å². The highest BCUT2D eigenvalue weighted by molar-refractivity contribution is 7.71. The van der Waals surface area contributed by atoms with Crippen LogP contribution in [0.4, 0.5) is 0 Å². The molecule has 1 heterocycles. The molecular weight excluding hydrogens is 380 g/mol. The van der Waals surface area contributed by atoms with Crippen molar-refractivity contribution in [2.75, 3.05) is 6.61 Å². The van der Waals surface area contributed by atoms with Gasteiger partial charge in [0.25, 0.3) is 0 Å². The van der Waals surface area contributed by atoms with Crippen molar-refractivity contribution in [3.8, 4) is 17.1 Å². The summed E-state index contributed by atoms with van der Waals surface area (Å²) in [7, 11) is 0. The van der Waals surface area contributed by atoms with Gasteiger partial charge in [-0.3, -0.25) is 0 Å². The van der Waals surface area contributed by atoms with Crippen LogP contribution in [0.5, 0.6) is 5.75 Å². The summed E-state index contributed by atoms with van der Waals surface area (Å²) in [6, 6.07) is 15.2. The molecular formula is C20H21ClN4OS. The Kier molecular flexibility index (Phi) is 6.79. The molecule has 1 N–H and O–H groups in total. The van der Waals surface area contributed by atoms with Crippen LogP contribution in [0.3, 0.4) is 0 Å². The molecule has 0 spiro atoms. The van der Waals surface area contributed by atoms with Gasteiger partial charge >= 0.3 is 0 Å². The summed E-state index contributed by atoms with van der Waals surface area (Å²) < 4.78 is 7.74. The molecule has 0 fully saturated rings. The number of benzene rings is 2. The van der Waals surface area contributed by atoms with E-state index in [1.165, 1.54) is 12.8 Å². The molecule has 7 heteroatoms. The molecule has 0 saturated heterocycles. The summed E-state index contributed by atoms with van der Waals surface area (Å²) >= 11 is 11.2. The number of halogens is 1. The Morgan fingerprint density at radius 3 is 2.59 bits per heavy atom. The van der Waals surface area contributed by atoms with Crippen LogP contribution in [0, 0.1) is 4.77 Å². The van der Waals surface area contributed by atoms with Crippen molar-refractivity contribution < 1.29 is 4.74 Å². The zero-order valence-corrected chi connectivity index (χ0v) is 16.6. The predicted octanol–water partition coefficient (Wildman–Crippen LogP) is 5.71. The number of unbranched alkanes of at least 4 members (excludes halogenated alkanes) is 2. The molecule has 3 aromatic rings. The number of H-pyrrole nitrogens is 1. The van der Waals surface area contributed by atoms with Crippen molar-refractivity contribution in [3.63, 3.8) is 0 Å². The Balaban J connectivity index is 1.72. The third-order valence-corrected chi connectivity index (χ3v) is 4.49. The minimum atomic E-state index is 0.423. The van der Waals surface area contributed by atoms with Crippen LogP contribution >= 0.6 is 23.8 Å². The maximum absolute atomic E-state index is 5.95. The van der Waals surface area contributed by atoms with Gasteiger partial charge in [0.15, 0.2) is 5.82 Å². The number of rotatable bonds is 8.